The first kappa shape index (κ1) is 28.7. The van der Waals surface area contributed by atoms with Gasteiger partial charge < -0.3 is 18.2 Å². The van der Waals surface area contributed by atoms with Gasteiger partial charge in [-0.05, 0) is 101 Å². The predicted molar refractivity (Wildman–Crippen MR) is 212 cm³/mol. The SMILES string of the molecule is c1ccc2cc(-c3ccc(N(c4ccc5c(c4)oc4cccc(-c6nc7ccccc7o6)c45)c4ccc5oc6ccccc6c5c4)cc3)ccc2c1. The first-order valence-electron chi connectivity index (χ1n) is 17.4. The van der Waals surface area contributed by atoms with Crippen molar-refractivity contribution >= 4 is 82.8 Å². The molecule has 5 nitrogen and oxygen atoms in total. The minimum atomic E-state index is 0.576. The largest absolute Gasteiger partial charge is 0.456 e. The molecule has 52 heavy (non-hydrogen) atoms. The summed E-state index contributed by atoms with van der Waals surface area (Å²) >= 11 is 0. The van der Waals surface area contributed by atoms with Gasteiger partial charge in [-0.25, -0.2) is 4.98 Å². The summed E-state index contributed by atoms with van der Waals surface area (Å²) in [6.07, 6.45) is 0. The van der Waals surface area contributed by atoms with Crippen molar-refractivity contribution < 1.29 is 13.3 Å². The number of rotatable bonds is 5. The van der Waals surface area contributed by atoms with Gasteiger partial charge in [0.2, 0.25) is 5.89 Å². The maximum absolute atomic E-state index is 6.57. The van der Waals surface area contributed by atoms with E-state index in [9.17, 15) is 0 Å². The summed E-state index contributed by atoms with van der Waals surface area (Å²) in [4.78, 5) is 7.08. The van der Waals surface area contributed by atoms with E-state index in [-0.39, 0.29) is 0 Å². The molecule has 0 unspecified atom stereocenters. The molecule has 3 heterocycles. The van der Waals surface area contributed by atoms with Crippen molar-refractivity contribution in [3.05, 3.63) is 170 Å². The number of aromatic nitrogens is 1. The first-order valence-corrected chi connectivity index (χ1v) is 17.4. The summed E-state index contributed by atoms with van der Waals surface area (Å²) in [5, 5.41) is 6.60. The van der Waals surface area contributed by atoms with Crippen LogP contribution in [0.4, 0.5) is 17.1 Å². The number of nitrogens with zero attached hydrogens (tertiary/aromatic N) is 2. The van der Waals surface area contributed by atoms with Crippen LogP contribution in [0.15, 0.2) is 183 Å². The summed E-state index contributed by atoms with van der Waals surface area (Å²) < 4.78 is 19.0. The number of hydrogen-bond acceptors (Lipinski definition) is 5. The standard InChI is InChI=1S/C47H28N2O3/c1-2-9-31-26-32(17-16-29(31)8-1)30-18-20-33(21-19-30)49(34-23-25-42-39(27-34)36-10-3-5-13-41(36)50-42)35-22-24-37-45(28-35)51-44-15-7-11-38(46(37)44)47-48-40-12-4-6-14-43(40)52-47/h1-28H. The fourth-order valence-electron chi connectivity index (χ4n) is 7.59. The number of benzene rings is 8. The van der Waals surface area contributed by atoms with Gasteiger partial charge in [0.05, 0.1) is 0 Å². The lowest BCUT2D eigenvalue weighted by molar-refractivity contribution is 0.620. The highest BCUT2D eigenvalue weighted by atomic mass is 16.4. The van der Waals surface area contributed by atoms with Crippen LogP contribution < -0.4 is 4.90 Å². The first-order chi connectivity index (χ1) is 25.7. The van der Waals surface area contributed by atoms with Gasteiger partial charge in [0.15, 0.2) is 5.58 Å². The third kappa shape index (κ3) is 4.53. The molecule has 0 N–H and O–H groups in total. The van der Waals surface area contributed by atoms with Crippen molar-refractivity contribution in [2.24, 2.45) is 0 Å². The van der Waals surface area contributed by atoms with Gasteiger partial charge in [0.1, 0.15) is 27.8 Å². The van der Waals surface area contributed by atoms with Crippen LogP contribution in [0.5, 0.6) is 0 Å². The molecule has 0 saturated heterocycles. The molecule has 244 valence electrons. The zero-order valence-electron chi connectivity index (χ0n) is 27.8. The van der Waals surface area contributed by atoms with Gasteiger partial charge in [0.25, 0.3) is 0 Å². The molecule has 3 aromatic heterocycles. The van der Waals surface area contributed by atoms with Crippen molar-refractivity contribution in [3.8, 4) is 22.6 Å². The van der Waals surface area contributed by atoms with Crippen molar-refractivity contribution in [3.63, 3.8) is 0 Å². The highest BCUT2D eigenvalue weighted by Crippen LogP contribution is 2.43. The smallest absolute Gasteiger partial charge is 0.228 e. The highest BCUT2D eigenvalue weighted by Gasteiger charge is 2.20. The van der Waals surface area contributed by atoms with E-state index < -0.39 is 0 Å². The maximum atomic E-state index is 6.57. The fourth-order valence-corrected chi connectivity index (χ4v) is 7.59. The molecular weight excluding hydrogens is 641 g/mol. The van der Waals surface area contributed by atoms with Gasteiger partial charge in [-0.1, -0.05) is 84.9 Å². The van der Waals surface area contributed by atoms with Crippen molar-refractivity contribution in [1.29, 1.82) is 0 Å². The number of hydrogen-bond donors (Lipinski definition) is 0. The number of anilines is 3. The highest BCUT2D eigenvalue weighted by molar-refractivity contribution is 6.13. The van der Waals surface area contributed by atoms with E-state index in [2.05, 4.69) is 120 Å². The monoisotopic (exact) mass is 668 g/mol. The molecule has 0 fully saturated rings. The van der Waals surface area contributed by atoms with Gasteiger partial charge >= 0.3 is 0 Å². The summed E-state index contributed by atoms with van der Waals surface area (Å²) in [5.74, 6) is 0.576. The van der Waals surface area contributed by atoms with Crippen LogP contribution in [-0.2, 0) is 0 Å². The van der Waals surface area contributed by atoms with Crippen LogP contribution >= 0.6 is 0 Å². The molecule has 0 atom stereocenters. The lowest BCUT2D eigenvalue weighted by Crippen LogP contribution is -2.09. The summed E-state index contributed by atoms with van der Waals surface area (Å²) in [5.41, 5.74) is 11.1. The normalized spacial score (nSPS) is 11.8. The molecule has 0 aliphatic rings. The van der Waals surface area contributed by atoms with Gasteiger partial charge in [0, 0.05) is 50.2 Å². The lowest BCUT2D eigenvalue weighted by Gasteiger charge is -2.26. The molecule has 0 spiro atoms. The second-order valence-corrected chi connectivity index (χ2v) is 13.2. The van der Waals surface area contributed by atoms with E-state index in [0.29, 0.717) is 5.89 Å². The van der Waals surface area contributed by atoms with Crippen LogP contribution in [0.3, 0.4) is 0 Å². The molecule has 0 radical (unpaired) electrons. The fraction of sp³-hybridized carbons (Fsp3) is 0. The van der Waals surface area contributed by atoms with Crippen LogP contribution in [0, 0.1) is 0 Å². The Morgan fingerprint density at radius 2 is 1.08 bits per heavy atom. The predicted octanol–water partition coefficient (Wildman–Crippen LogP) is 13.6. The topological polar surface area (TPSA) is 55.6 Å². The van der Waals surface area contributed by atoms with E-state index in [1.807, 2.05) is 54.6 Å². The molecule has 11 rings (SSSR count). The van der Waals surface area contributed by atoms with Gasteiger partial charge in [-0.2, -0.15) is 0 Å². The second kappa shape index (κ2) is 11.2. The van der Waals surface area contributed by atoms with Crippen molar-refractivity contribution in [1.82, 2.24) is 4.98 Å². The molecule has 11 aromatic rings. The van der Waals surface area contributed by atoms with Crippen molar-refractivity contribution in [2.75, 3.05) is 4.90 Å². The average molecular weight is 669 g/mol. The molecule has 0 bridgehead atoms. The van der Waals surface area contributed by atoms with Crippen LogP contribution in [0.1, 0.15) is 0 Å². The number of para-hydroxylation sites is 3. The molecule has 5 heteroatoms. The van der Waals surface area contributed by atoms with E-state index in [1.54, 1.807) is 0 Å². The second-order valence-electron chi connectivity index (χ2n) is 13.2. The Labute approximate surface area is 297 Å². The molecular formula is C47H28N2O3. The average Bonchev–Trinajstić information content (AvgIpc) is 3.91. The van der Waals surface area contributed by atoms with Gasteiger partial charge in [-0.3, -0.25) is 0 Å². The Hall–Kier alpha value is -7.11. The van der Waals surface area contributed by atoms with E-state index >= 15 is 0 Å². The number of fused-ring (bicyclic) bond motifs is 8. The van der Waals surface area contributed by atoms with Crippen LogP contribution in [0.2, 0.25) is 0 Å². The van der Waals surface area contributed by atoms with Crippen LogP contribution in [0.25, 0.3) is 88.3 Å². The van der Waals surface area contributed by atoms with E-state index in [4.69, 9.17) is 18.2 Å². The Bertz CT molecular complexity index is 3110. The van der Waals surface area contributed by atoms with Crippen molar-refractivity contribution in [2.45, 2.75) is 0 Å². The third-order valence-corrected chi connectivity index (χ3v) is 10.1. The molecule has 0 saturated carbocycles. The summed E-state index contributed by atoms with van der Waals surface area (Å²) in [6, 6.07) is 58.8. The molecule has 0 amide bonds. The Morgan fingerprint density at radius 3 is 1.98 bits per heavy atom. The summed E-state index contributed by atoms with van der Waals surface area (Å²) in [6.45, 7) is 0. The quantitative estimate of drug-likeness (QED) is 0.183. The third-order valence-electron chi connectivity index (χ3n) is 10.1. The Balaban J connectivity index is 1.07. The van der Waals surface area contributed by atoms with Gasteiger partial charge in [-0.15, -0.1) is 0 Å². The zero-order chi connectivity index (χ0) is 34.2. The molecule has 0 aliphatic carbocycles. The van der Waals surface area contributed by atoms with E-state index in [1.165, 1.54) is 16.3 Å². The molecule has 0 aliphatic heterocycles. The maximum Gasteiger partial charge on any atom is 0.228 e. The zero-order valence-corrected chi connectivity index (χ0v) is 27.8. The summed E-state index contributed by atoms with van der Waals surface area (Å²) in [7, 11) is 0. The Kier molecular flexibility index (Phi) is 6.18. The number of oxazole rings is 1. The van der Waals surface area contributed by atoms with Crippen LogP contribution in [-0.4, -0.2) is 4.98 Å². The Morgan fingerprint density at radius 1 is 0.385 bits per heavy atom. The minimum Gasteiger partial charge on any atom is -0.456 e. The lowest BCUT2D eigenvalue weighted by atomic mass is 10.0. The van der Waals surface area contributed by atoms with E-state index in [0.717, 1.165) is 83.2 Å². The minimum absolute atomic E-state index is 0.576. The molecule has 8 aromatic carbocycles. The number of furan rings is 2.